The normalized spacial score (nSPS) is 11.0. The highest BCUT2D eigenvalue weighted by Gasteiger charge is 2.27. The van der Waals surface area contributed by atoms with Gasteiger partial charge in [0.25, 0.3) is 11.5 Å². The number of thioether (sulfide) groups is 1. The zero-order valence-corrected chi connectivity index (χ0v) is 15.6. The number of hydrogen-bond acceptors (Lipinski definition) is 4. The van der Waals surface area contributed by atoms with Gasteiger partial charge in [0.2, 0.25) is 0 Å². The van der Waals surface area contributed by atoms with Crippen molar-refractivity contribution >= 4 is 34.3 Å². The minimum atomic E-state index is -0.935. The number of aromatic nitrogens is 1. The van der Waals surface area contributed by atoms with Gasteiger partial charge in [-0.05, 0) is 30.5 Å². The summed E-state index contributed by atoms with van der Waals surface area (Å²) in [5, 5.41) is 11.1. The molecule has 0 atom stereocenters. The molecular formula is C19H16F2N2O3S. The standard InChI is InChI=1S/C19H16F2N2O3S/c1-22-12-5-4-6-14(27-3)15(12)17(24)16(18(22)25)19(26)23(2)13-9-10(20)7-8-11(13)21/h4-9,24H,1-3H3. The van der Waals surface area contributed by atoms with Crippen molar-refractivity contribution in [2.75, 3.05) is 18.2 Å². The lowest BCUT2D eigenvalue weighted by molar-refractivity contribution is 0.0988. The Morgan fingerprint density at radius 3 is 2.59 bits per heavy atom. The van der Waals surface area contributed by atoms with Gasteiger partial charge in [-0.25, -0.2) is 8.78 Å². The first-order valence-corrected chi connectivity index (χ1v) is 9.12. The van der Waals surface area contributed by atoms with Gasteiger partial charge in [0.15, 0.2) is 0 Å². The topological polar surface area (TPSA) is 62.5 Å². The number of carbonyl (C=O) groups excluding carboxylic acids is 1. The maximum absolute atomic E-state index is 14.0. The number of benzene rings is 2. The first-order chi connectivity index (χ1) is 12.8. The van der Waals surface area contributed by atoms with Crippen LogP contribution < -0.4 is 10.5 Å². The van der Waals surface area contributed by atoms with Crippen LogP contribution in [0.3, 0.4) is 0 Å². The third kappa shape index (κ3) is 3.06. The second-order valence-corrected chi connectivity index (χ2v) is 6.75. The molecule has 3 rings (SSSR count). The van der Waals surface area contributed by atoms with Crippen molar-refractivity contribution in [2.24, 2.45) is 7.05 Å². The summed E-state index contributed by atoms with van der Waals surface area (Å²) in [6.45, 7) is 0. The van der Waals surface area contributed by atoms with Crippen LogP contribution >= 0.6 is 11.8 Å². The third-order valence-corrected chi connectivity index (χ3v) is 5.15. The second-order valence-electron chi connectivity index (χ2n) is 5.90. The molecule has 1 heterocycles. The Kier molecular flexibility index (Phi) is 4.93. The summed E-state index contributed by atoms with van der Waals surface area (Å²) in [5.41, 5.74) is -1.11. The zero-order chi connectivity index (χ0) is 19.9. The molecule has 140 valence electrons. The van der Waals surface area contributed by atoms with Crippen LogP contribution in [-0.2, 0) is 7.05 Å². The highest BCUT2D eigenvalue weighted by molar-refractivity contribution is 7.98. The Bertz CT molecular complexity index is 1130. The molecule has 0 aliphatic heterocycles. The van der Waals surface area contributed by atoms with Crippen LogP contribution in [0.1, 0.15) is 10.4 Å². The van der Waals surface area contributed by atoms with Crippen molar-refractivity contribution in [3.63, 3.8) is 0 Å². The fraction of sp³-hybridized carbons (Fsp3) is 0.158. The lowest BCUT2D eigenvalue weighted by atomic mass is 10.1. The average Bonchev–Trinajstić information content (AvgIpc) is 2.66. The quantitative estimate of drug-likeness (QED) is 0.695. The van der Waals surface area contributed by atoms with Gasteiger partial charge in [0.1, 0.15) is 22.9 Å². The van der Waals surface area contributed by atoms with Crippen molar-refractivity contribution in [2.45, 2.75) is 4.90 Å². The molecule has 1 N–H and O–H groups in total. The molecule has 5 nitrogen and oxygen atoms in total. The van der Waals surface area contributed by atoms with Crippen LogP contribution in [0, 0.1) is 11.6 Å². The second kappa shape index (κ2) is 7.03. The number of halogens is 2. The highest BCUT2D eigenvalue weighted by atomic mass is 32.2. The van der Waals surface area contributed by atoms with E-state index in [1.807, 2.05) is 0 Å². The van der Waals surface area contributed by atoms with E-state index in [-0.39, 0.29) is 5.69 Å². The monoisotopic (exact) mass is 390 g/mol. The van der Waals surface area contributed by atoms with E-state index >= 15 is 0 Å². The zero-order valence-electron chi connectivity index (χ0n) is 14.8. The van der Waals surface area contributed by atoms with Gasteiger partial charge in [-0.1, -0.05) is 6.07 Å². The number of rotatable bonds is 3. The summed E-state index contributed by atoms with van der Waals surface area (Å²) in [6, 6.07) is 7.81. The molecule has 0 saturated heterocycles. The summed E-state index contributed by atoms with van der Waals surface area (Å²) in [7, 11) is 2.69. The SMILES string of the molecule is CSc1cccc2c1c(O)c(C(=O)N(C)c1cc(F)ccc1F)c(=O)n2C. The van der Waals surface area contributed by atoms with Gasteiger partial charge >= 0.3 is 0 Å². The van der Waals surface area contributed by atoms with Gasteiger partial charge in [-0.15, -0.1) is 11.8 Å². The summed E-state index contributed by atoms with van der Waals surface area (Å²) >= 11 is 1.35. The maximum Gasteiger partial charge on any atom is 0.267 e. The van der Waals surface area contributed by atoms with Crippen molar-refractivity contribution < 1.29 is 18.7 Å². The smallest absolute Gasteiger partial charge is 0.267 e. The van der Waals surface area contributed by atoms with Crippen LogP contribution in [0.5, 0.6) is 5.75 Å². The van der Waals surface area contributed by atoms with Crippen LogP contribution in [0.15, 0.2) is 46.1 Å². The number of anilines is 1. The number of aryl methyl sites for hydroxylation is 1. The molecule has 1 aromatic heterocycles. The highest BCUT2D eigenvalue weighted by Crippen LogP contribution is 2.35. The van der Waals surface area contributed by atoms with Crippen LogP contribution in [-0.4, -0.2) is 28.9 Å². The Labute approximate surface area is 157 Å². The molecule has 0 bridgehead atoms. The molecule has 0 fully saturated rings. The summed E-state index contributed by atoms with van der Waals surface area (Å²) in [5.74, 6) is -2.97. The fourth-order valence-corrected chi connectivity index (χ4v) is 3.54. The third-order valence-electron chi connectivity index (χ3n) is 4.37. The van der Waals surface area contributed by atoms with E-state index in [1.54, 1.807) is 24.5 Å². The van der Waals surface area contributed by atoms with Crippen LogP contribution in [0.25, 0.3) is 10.9 Å². The molecule has 0 unspecified atom stereocenters. The van der Waals surface area contributed by atoms with Gasteiger partial charge in [-0.2, -0.15) is 0 Å². The van der Waals surface area contributed by atoms with E-state index in [1.165, 1.54) is 30.4 Å². The number of hydrogen-bond donors (Lipinski definition) is 1. The number of carbonyl (C=O) groups is 1. The summed E-state index contributed by atoms with van der Waals surface area (Å²) in [6.07, 6.45) is 1.80. The molecule has 1 amide bonds. The lowest BCUT2D eigenvalue weighted by Crippen LogP contribution is -2.34. The maximum atomic E-state index is 14.0. The number of aromatic hydroxyl groups is 1. The van der Waals surface area contributed by atoms with Crippen molar-refractivity contribution in [3.05, 3.63) is 63.9 Å². The van der Waals surface area contributed by atoms with Gasteiger partial charge in [0.05, 0.1) is 16.6 Å². The Hall–Kier alpha value is -2.87. The minimum Gasteiger partial charge on any atom is -0.506 e. The number of fused-ring (bicyclic) bond motifs is 1. The van der Waals surface area contributed by atoms with E-state index in [4.69, 9.17) is 0 Å². The van der Waals surface area contributed by atoms with Crippen molar-refractivity contribution in [1.29, 1.82) is 0 Å². The van der Waals surface area contributed by atoms with E-state index in [0.29, 0.717) is 15.8 Å². The van der Waals surface area contributed by atoms with Gasteiger partial charge in [-0.3, -0.25) is 9.59 Å². The van der Waals surface area contributed by atoms with E-state index in [0.717, 1.165) is 23.1 Å². The van der Waals surface area contributed by atoms with E-state index in [9.17, 15) is 23.5 Å². The van der Waals surface area contributed by atoms with E-state index in [2.05, 4.69) is 0 Å². The lowest BCUT2D eigenvalue weighted by Gasteiger charge is -2.20. The molecule has 0 aliphatic carbocycles. The first-order valence-electron chi connectivity index (χ1n) is 7.89. The molecule has 27 heavy (non-hydrogen) atoms. The van der Waals surface area contributed by atoms with Crippen molar-refractivity contribution in [3.8, 4) is 5.75 Å². The number of amides is 1. The predicted octanol–water partition coefficient (Wildman–Crippen LogP) is 3.52. The molecule has 0 aliphatic rings. The largest absolute Gasteiger partial charge is 0.506 e. The molecule has 0 spiro atoms. The number of pyridine rings is 1. The minimum absolute atomic E-state index is 0.334. The fourth-order valence-electron chi connectivity index (χ4n) is 2.92. The van der Waals surface area contributed by atoms with E-state index < -0.39 is 34.4 Å². The number of nitrogens with zero attached hydrogens (tertiary/aromatic N) is 2. The summed E-state index contributed by atoms with van der Waals surface area (Å²) < 4.78 is 28.8. The molecule has 3 aromatic rings. The molecule has 0 saturated carbocycles. The summed E-state index contributed by atoms with van der Waals surface area (Å²) in [4.78, 5) is 27.1. The molecular weight excluding hydrogens is 374 g/mol. The van der Waals surface area contributed by atoms with Gasteiger partial charge < -0.3 is 14.6 Å². The van der Waals surface area contributed by atoms with Crippen LogP contribution in [0.2, 0.25) is 0 Å². The van der Waals surface area contributed by atoms with Gasteiger partial charge in [0, 0.05) is 25.1 Å². The Balaban J connectivity index is 2.26. The van der Waals surface area contributed by atoms with Crippen LogP contribution in [0.4, 0.5) is 14.5 Å². The molecule has 0 radical (unpaired) electrons. The first kappa shape index (κ1) is 18.9. The predicted molar refractivity (Wildman–Crippen MR) is 102 cm³/mol. The molecule has 8 heteroatoms. The van der Waals surface area contributed by atoms with Crippen molar-refractivity contribution in [1.82, 2.24) is 4.57 Å². The molecule has 2 aromatic carbocycles. The average molecular weight is 390 g/mol. The Morgan fingerprint density at radius 1 is 1.22 bits per heavy atom. The Morgan fingerprint density at radius 2 is 1.93 bits per heavy atom.